The van der Waals surface area contributed by atoms with Crippen LogP contribution in [0, 0.1) is 0 Å². The zero-order chi connectivity index (χ0) is 14.1. The number of nitrogens with zero attached hydrogens (tertiary/aromatic N) is 1. The lowest BCUT2D eigenvalue weighted by molar-refractivity contribution is -0.256. The number of carboxylic acid groups (broad SMARTS) is 1. The molecular formula is C10H7F5NO2-. The molecule has 0 aromatic carbocycles. The third kappa shape index (κ3) is 2.74. The number of pyridine rings is 1. The van der Waals surface area contributed by atoms with Crippen molar-refractivity contribution in [2.45, 2.75) is 25.9 Å². The average molecular weight is 268 g/mol. The van der Waals surface area contributed by atoms with Crippen LogP contribution in [0.15, 0.2) is 6.07 Å². The normalized spacial score (nSPS) is 11.9. The van der Waals surface area contributed by atoms with Crippen LogP contribution in [0.4, 0.5) is 22.0 Å². The number of aryl methyl sites for hydroxylation is 1. The van der Waals surface area contributed by atoms with Gasteiger partial charge in [0.05, 0.1) is 5.97 Å². The lowest BCUT2D eigenvalue weighted by atomic mass is 10.0. The number of hydrogen-bond donors (Lipinski definition) is 0. The monoisotopic (exact) mass is 268 g/mol. The van der Waals surface area contributed by atoms with Gasteiger partial charge in [-0.05, 0) is 18.1 Å². The van der Waals surface area contributed by atoms with Crippen molar-refractivity contribution in [1.29, 1.82) is 0 Å². The molecule has 0 saturated carbocycles. The van der Waals surface area contributed by atoms with Crippen LogP contribution in [0.25, 0.3) is 0 Å². The summed E-state index contributed by atoms with van der Waals surface area (Å²) in [7, 11) is 0. The van der Waals surface area contributed by atoms with Crippen molar-refractivity contribution in [3.8, 4) is 0 Å². The fourth-order valence-electron chi connectivity index (χ4n) is 1.44. The van der Waals surface area contributed by atoms with Gasteiger partial charge in [-0.2, -0.15) is 13.2 Å². The molecule has 0 amide bonds. The van der Waals surface area contributed by atoms with Gasteiger partial charge in [0.2, 0.25) is 0 Å². The molecule has 0 saturated heterocycles. The Morgan fingerprint density at radius 2 is 2.00 bits per heavy atom. The predicted octanol–water partition coefficient (Wildman–Crippen LogP) is 1.96. The second-order valence-corrected chi connectivity index (χ2v) is 3.37. The Balaban J connectivity index is 3.63. The molecule has 1 aromatic heterocycles. The molecule has 0 aliphatic carbocycles. The molecule has 8 heteroatoms. The van der Waals surface area contributed by atoms with Crippen molar-refractivity contribution in [1.82, 2.24) is 4.98 Å². The van der Waals surface area contributed by atoms with Crippen LogP contribution in [0.1, 0.15) is 40.7 Å². The second kappa shape index (κ2) is 4.87. The summed E-state index contributed by atoms with van der Waals surface area (Å²) in [5.41, 5.74) is -4.52. The van der Waals surface area contributed by atoms with Crippen LogP contribution in [-0.2, 0) is 12.6 Å². The molecular weight excluding hydrogens is 261 g/mol. The molecule has 0 unspecified atom stereocenters. The summed E-state index contributed by atoms with van der Waals surface area (Å²) in [5, 5.41) is 10.7. The molecule has 0 N–H and O–H groups in total. The maximum Gasteiger partial charge on any atom is 0.434 e. The Labute approximate surface area is 98.3 Å². The van der Waals surface area contributed by atoms with E-state index in [4.69, 9.17) is 0 Å². The molecule has 0 spiro atoms. The Morgan fingerprint density at radius 1 is 1.44 bits per heavy atom. The van der Waals surface area contributed by atoms with Gasteiger partial charge in [-0.15, -0.1) is 0 Å². The summed E-state index contributed by atoms with van der Waals surface area (Å²) >= 11 is 0. The summed E-state index contributed by atoms with van der Waals surface area (Å²) in [4.78, 5) is 13.4. The zero-order valence-corrected chi connectivity index (χ0v) is 9.02. The van der Waals surface area contributed by atoms with Crippen molar-refractivity contribution in [2.24, 2.45) is 0 Å². The van der Waals surface area contributed by atoms with E-state index in [1.165, 1.54) is 6.92 Å². The third-order valence-corrected chi connectivity index (χ3v) is 2.20. The van der Waals surface area contributed by atoms with Crippen LogP contribution < -0.4 is 5.11 Å². The number of carbonyl (C=O) groups is 1. The van der Waals surface area contributed by atoms with Crippen LogP contribution in [0.5, 0.6) is 0 Å². The third-order valence-electron chi connectivity index (χ3n) is 2.20. The summed E-state index contributed by atoms with van der Waals surface area (Å²) in [6, 6.07) is 0.644. The Kier molecular flexibility index (Phi) is 3.88. The molecule has 0 fully saturated rings. The number of hydrogen-bond acceptors (Lipinski definition) is 3. The Morgan fingerprint density at radius 3 is 2.33 bits per heavy atom. The van der Waals surface area contributed by atoms with Crippen molar-refractivity contribution in [3.05, 3.63) is 28.6 Å². The van der Waals surface area contributed by atoms with Gasteiger partial charge in [0, 0.05) is 5.56 Å². The standard InChI is InChI=1S/C10H8F5NO2/c1-2-4-3-5(8(11)12)16-7(10(13,14)15)6(4)9(17)18/h3,8H,2H2,1H3,(H,17,18)/p-1. The first-order valence-corrected chi connectivity index (χ1v) is 4.79. The molecule has 3 nitrogen and oxygen atoms in total. The van der Waals surface area contributed by atoms with E-state index in [-0.39, 0.29) is 12.0 Å². The number of alkyl halides is 5. The van der Waals surface area contributed by atoms with Gasteiger partial charge in [-0.3, -0.25) is 0 Å². The minimum atomic E-state index is -5.13. The van der Waals surface area contributed by atoms with Crippen LogP contribution in [0.3, 0.4) is 0 Å². The van der Waals surface area contributed by atoms with Crippen LogP contribution >= 0.6 is 0 Å². The van der Waals surface area contributed by atoms with E-state index in [2.05, 4.69) is 4.98 Å². The number of rotatable bonds is 3. The number of aromatic nitrogens is 1. The lowest BCUT2D eigenvalue weighted by Gasteiger charge is -2.17. The van der Waals surface area contributed by atoms with Crippen molar-refractivity contribution in [2.75, 3.05) is 0 Å². The van der Waals surface area contributed by atoms with Crippen molar-refractivity contribution in [3.63, 3.8) is 0 Å². The summed E-state index contributed by atoms with van der Waals surface area (Å²) in [6.45, 7) is 1.34. The smallest absolute Gasteiger partial charge is 0.434 e. The lowest BCUT2D eigenvalue weighted by Crippen LogP contribution is -2.29. The maximum atomic E-state index is 12.6. The van der Waals surface area contributed by atoms with Gasteiger partial charge in [0.25, 0.3) is 6.43 Å². The van der Waals surface area contributed by atoms with E-state index in [1.54, 1.807) is 0 Å². The van der Waals surface area contributed by atoms with Gasteiger partial charge in [-0.1, -0.05) is 6.92 Å². The largest absolute Gasteiger partial charge is 0.545 e. The van der Waals surface area contributed by atoms with Gasteiger partial charge in [0.1, 0.15) is 5.69 Å². The number of carbonyl (C=O) groups excluding carboxylic acids is 1. The van der Waals surface area contributed by atoms with Crippen molar-refractivity contribution < 1.29 is 31.9 Å². The fraction of sp³-hybridized carbons (Fsp3) is 0.400. The number of halogens is 5. The minimum absolute atomic E-state index is 0.158. The minimum Gasteiger partial charge on any atom is -0.545 e. The first kappa shape index (κ1) is 14.3. The first-order chi connectivity index (χ1) is 8.18. The molecule has 18 heavy (non-hydrogen) atoms. The molecule has 100 valence electrons. The van der Waals surface area contributed by atoms with E-state index in [0.29, 0.717) is 6.07 Å². The molecule has 0 radical (unpaired) electrons. The first-order valence-electron chi connectivity index (χ1n) is 4.79. The van der Waals surface area contributed by atoms with Crippen LogP contribution in [0.2, 0.25) is 0 Å². The quantitative estimate of drug-likeness (QED) is 0.787. The van der Waals surface area contributed by atoms with Crippen molar-refractivity contribution >= 4 is 5.97 Å². The maximum absolute atomic E-state index is 12.6. The Bertz CT molecular complexity index is 470. The second-order valence-electron chi connectivity index (χ2n) is 3.37. The van der Waals surface area contributed by atoms with E-state index >= 15 is 0 Å². The molecule has 1 rings (SSSR count). The molecule has 0 aliphatic rings. The van der Waals surface area contributed by atoms with E-state index < -0.39 is 35.5 Å². The van der Waals surface area contributed by atoms with E-state index in [0.717, 1.165) is 0 Å². The van der Waals surface area contributed by atoms with Gasteiger partial charge in [-0.25, -0.2) is 13.8 Å². The molecule has 1 heterocycles. The highest BCUT2D eigenvalue weighted by Gasteiger charge is 2.37. The summed E-state index contributed by atoms with van der Waals surface area (Å²) in [5.74, 6) is -2.09. The zero-order valence-electron chi connectivity index (χ0n) is 9.02. The summed E-state index contributed by atoms with van der Waals surface area (Å²) in [6.07, 6.45) is -8.51. The van der Waals surface area contributed by atoms with Gasteiger partial charge in [0.15, 0.2) is 5.69 Å². The Hall–Kier alpha value is -1.73. The SMILES string of the molecule is CCc1cc(C(F)F)nc(C(F)(F)F)c1C(=O)[O-]. The molecule has 0 atom stereocenters. The summed E-state index contributed by atoms with van der Waals surface area (Å²) < 4.78 is 62.5. The predicted molar refractivity (Wildman–Crippen MR) is 47.9 cm³/mol. The highest BCUT2D eigenvalue weighted by molar-refractivity contribution is 5.89. The molecule has 0 bridgehead atoms. The van der Waals surface area contributed by atoms with E-state index in [1.807, 2.05) is 0 Å². The molecule has 0 aliphatic heterocycles. The number of carboxylic acids is 1. The molecule has 1 aromatic rings. The highest BCUT2D eigenvalue weighted by Crippen LogP contribution is 2.34. The van der Waals surface area contributed by atoms with E-state index in [9.17, 15) is 31.9 Å². The van der Waals surface area contributed by atoms with Gasteiger partial charge >= 0.3 is 6.18 Å². The highest BCUT2D eigenvalue weighted by atomic mass is 19.4. The average Bonchev–Trinajstić information content (AvgIpc) is 2.25. The fourth-order valence-corrected chi connectivity index (χ4v) is 1.44. The number of aromatic carboxylic acids is 1. The van der Waals surface area contributed by atoms with Crippen LogP contribution in [-0.4, -0.2) is 11.0 Å². The van der Waals surface area contributed by atoms with Gasteiger partial charge < -0.3 is 9.90 Å². The topological polar surface area (TPSA) is 53.0 Å².